The van der Waals surface area contributed by atoms with E-state index < -0.39 is 6.36 Å². The Kier molecular flexibility index (Phi) is 6.31. The Hall–Kier alpha value is -2.74. The average Bonchev–Trinajstić information content (AvgIpc) is 3.03. The first-order chi connectivity index (χ1) is 15.5. The van der Waals surface area contributed by atoms with Gasteiger partial charge in [-0.15, -0.1) is 13.2 Å². The van der Waals surface area contributed by atoms with Gasteiger partial charge in [-0.25, -0.2) is 4.98 Å². The fourth-order valence-electron chi connectivity index (χ4n) is 5.36. The maximum Gasteiger partial charge on any atom is 0.573 e. The van der Waals surface area contributed by atoms with E-state index in [9.17, 15) is 18.3 Å². The van der Waals surface area contributed by atoms with Gasteiger partial charge in [0.25, 0.3) is 0 Å². The van der Waals surface area contributed by atoms with Crippen LogP contribution in [0.25, 0.3) is 11.0 Å². The third-order valence-corrected chi connectivity index (χ3v) is 6.26. The van der Waals surface area contributed by atoms with E-state index in [0.717, 1.165) is 36.0 Å². The second-order valence-electron chi connectivity index (χ2n) is 10.0. The van der Waals surface area contributed by atoms with E-state index in [1.165, 1.54) is 30.7 Å². The van der Waals surface area contributed by atoms with Crippen molar-refractivity contribution in [3.63, 3.8) is 0 Å². The van der Waals surface area contributed by atoms with Gasteiger partial charge in [0.2, 0.25) is 5.95 Å². The zero-order chi connectivity index (χ0) is 23.8. The number of aliphatic hydroxyl groups excluding tert-OH is 1. The number of nitrogens with one attached hydrogen (secondary N) is 1. The molecule has 1 heterocycles. The van der Waals surface area contributed by atoms with Crippen LogP contribution < -0.4 is 10.1 Å². The van der Waals surface area contributed by atoms with E-state index in [1.54, 1.807) is 0 Å². The van der Waals surface area contributed by atoms with Crippen molar-refractivity contribution in [2.45, 2.75) is 59.5 Å². The van der Waals surface area contributed by atoms with Gasteiger partial charge in [-0.3, -0.25) is 0 Å². The quantitative estimate of drug-likeness (QED) is 0.432. The van der Waals surface area contributed by atoms with Gasteiger partial charge in [-0.1, -0.05) is 26.8 Å². The summed E-state index contributed by atoms with van der Waals surface area (Å²) in [6.45, 7) is 7.66. The van der Waals surface area contributed by atoms with Gasteiger partial charge in [0, 0.05) is 12.2 Å². The molecular weight excluding hydrogens is 431 g/mol. The van der Waals surface area contributed by atoms with Crippen LogP contribution in [0.3, 0.4) is 0 Å². The summed E-state index contributed by atoms with van der Waals surface area (Å²) in [5.41, 5.74) is 3.40. The van der Waals surface area contributed by atoms with E-state index in [2.05, 4.69) is 35.4 Å². The van der Waals surface area contributed by atoms with Crippen LogP contribution in [0, 0.1) is 17.3 Å². The van der Waals surface area contributed by atoms with E-state index in [1.807, 2.05) is 18.2 Å². The maximum absolute atomic E-state index is 12.5. The van der Waals surface area contributed by atoms with Crippen molar-refractivity contribution >= 4 is 22.7 Å². The maximum atomic E-state index is 12.5. The van der Waals surface area contributed by atoms with Crippen molar-refractivity contribution in [3.8, 4) is 5.75 Å². The summed E-state index contributed by atoms with van der Waals surface area (Å²) in [5, 5.41) is 12.8. The largest absolute Gasteiger partial charge is 0.573 e. The van der Waals surface area contributed by atoms with Crippen LogP contribution in [0.15, 0.2) is 42.5 Å². The number of hydrogen-bond donors (Lipinski definition) is 2. The number of nitrogens with zero attached hydrogens (tertiary/aromatic N) is 2. The first-order valence-electron chi connectivity index (χ1n) is 11.2. The molecule has 0 unspecified atom stereocenters. The third kappa shape index (κ3) is 5.79. The lowest BCUT2D eigenvalue weighted by molar-refractivity contribution is -0.274. The fraction of sp³-hybridized carbons (Fsp3) is 0.480. The molecule has 2 N–H and O–H groups in total. The number of ether oxygens (including phenoxy) is 1. The molecule has 2 atom stereocenters. The van der Waals surface area contributed by atoms with E-state index in [-0.39, 0.29) is 17.8 Å². The number of fused-ring (bicyclic) bond motifs is 1. The Morgan fingerprint density at radius 3 is 2.52 bits per heavy atom. The summed E-state index contributed by atoms with van der Waals surface area (Å²) in [6, 6.07) is 11.4. The number of aliphatic hydroxyl groups is 1. The van der Waals surface area contributed by atoms with Crippen LogP contribution in [-0.2, 0) is 13.2 Å². The monoisotopic (exact) mass is 461 g/mol. The van der Waals surface area contributed by atoms with Crippen LogP contribution in [0.5, 0.6) is 5.75 Å². The molecule has 4 rings (SSSR count). The lowest BCUT2D eigenvalue weighted by atomic mass is 9.68. The molecule has 1 aliphatic rings. The molecule has 2 aromatic carbocycles. The van der Waals surface area contributed by atoms with Gasteiger partial charge in [-0.2, -0.15) is 0 Å². The number of hydrogen-bond acceptors (Lipinski definition) is 4. The number of aromatic nitrogens is 2. The lowest BCUT2D eigenvalue weighted by Gasteiger charge is -2.39. The highest BCUT2D eigenvalue weighted by Crippen LogP contribution is 2.43. The highest BCUT2D eigenvalue weighted by Gasteiger charge is 2.33. The zero-order valence-electron chi connectivity index (χ0n) is 19.1. The van der Waals surface area contributed by atoms with Crippen molar-refractivity contribution in [2.24, 2.45) is 17.3 Å². The van der Waals surface area contributed by atoms with Crippen molar-refractivity contribution in [1.82, 2.24) is 9.55 Å². The van der Waals surface area contributed by atoms with Crippen molar-refractivity contribution in [3.05, 3.63) is 48.0 Å². The molecule has 1 aromatic heterocycles. The molecule has 0 radical (unpaired) electrons. The highest BCUT2D eigenvalue weighted by atomic mass is 19.4. The van der Waals surface area contributed by atoms with E-state index in [0.29, 0.717) is 23.5 Å². The molecule has 0 saturated heterocycles. The topological polar surface area (TPSA) is 59.3 Å². The molecule has 5 nitrogen and oxygen atoms in total. The molecule has 0 bridgehead atoms. The molecule has 1 aliphatic carbocycles. The number of alkyl halides is 3. The zero-order valence-corrected chi connectivity index (χ0v) is 19.1. The Bertz CT molecular complexity index is 1110. The van der Waals surface area contributed by atoms with Crippen LogP contribution in [0.4, 0.5) is 24.8 Å². The van der Waals surface area contributed by atoms with Crippen molar-refractivity contribution in [2.75, 3.05) is 5.32 Å². The lowest BCUT2D eigenvalue weighted by Crippen LogP contribution is -2.30. The minimum absolute atomic E-state index is 0.0689. The Balaban J connectivity index is 1.64. The summed E-state index contributed by atoms with van der Waals surface area (Å²) in [6.07, 6.45) is -1.25. The van der Waals surface area contributed by atoms with E-state index in [4.69, 9.17) is 4.98 Å². The molecule has 33 heavy (non-hydrogen) atoms. The normalized spacial score (nSPS) is 20.7. The Morgan fingerprint density at radius 2 is 1.88 bits per heavy atom. The number of anilines is 2. The van der Waals surface area contributed by atoms with Gasteiger partial charge in [-0.05, 0) is 78.5 Å². The summed E-state index contributed by atoms with van der Waals surface area (Å²) >= 11 is 0. The first-order valence-corrected chi connectivity index (χ1v) is 11.2. The van der Waals surface area contributed by atoms with Crippen LogP contribution >= 0.6 is 0 Å². The molecule has 0 spiro atoms. The number of benzene rings is 2. The molecule has 8 heteroatoms. The average molecular weight is 462 g/mol. The van der Waals surface area contributed by atoms with E-state index >= 15 is 0 Å². The third-order valence-electron chi connectivity index (χ3n) is 6.26. The van der Waals surface area contributed by atoms with Crippen LogP contribution in [0.2, 0.25) is 0 Å². The van der Waals surface area contributed by atoms with Gasteiger partial charge >= 0.3 is 6.36 Å². The summed E-state index contributed by atoms with van der Waals surface area (Å²) in [4.78, 5) is 4.75. The first kappa shape index (κ1) is 23.4. The van der Waals surface area contributed by atoms with Crippen molar-refractivity contribution in [1.29, 1.82) is 0 Å². The minimum atomic E-state index is -4.72. The Labute approximate surface area is 191 Å². The predicted molar refractivity (Wildman–Crippen MR) is 122 cm³/mol. The molecular formula is C25H30F3N3O2. The Morgan fingerprint density at radius 1 is 1.15 bits per heavy atom. The molecule has 1 fully saturated rings. The molecule has 3 aromatic rings. The van der Waals surface area contributed by atoms with Crippen LogP contribution in [0.1, 0.15) is 45.6 Å². The summed E-state index contributed by atoms with van der Waals surface area (Å²) < 4.78 is 43.5. The predicted octanol–water partition coefficient (Wildman–Crippen LogP) is 6.63. The highest BCUT2D eigenvalue weighted by molar-refractivity contribution is 5.80. The smallest absolute Gasteiger partial charge is 0.406 e. The molecule has 0 aliphatic heterocycles. The number of imidazole rings is 1. The second-order valence-corrected chi connectivity index (χ2v) is 10.0. The van der Waals surface area contributed by atoms with Gasteiger partial charge < -0.3 is 19.7 Å². The second kappa shape index (κ2) is 8.89. The number of halogens is 3. The molecule has 178 valence electrons. The standard InChI is InChI=1S/C25H30F3N3O2/c1-16-10-18(13-24(2,3)12-16)14-31-22-9-4-17(15-32)11-21(22)30-23(31)29-19-5-7-20(8-6-19)33-25(26,27)28/h4-9,11,16,18,32H,10,12-15H2,1-3H3,(H,29,30)/t16-,18+/m0/s1. The summed E-state index contributed by atoms with van der Waals surface area (Å²) in [7, 11) is 0. The summed E-state index contributed by atoms with van der Waals surface area (Å²) in [5.74, 6) is 1.49. The minimum Gasteiger partial charge on any atom is -0.406 e. The van der Waals surface area contributed by atoms with Crippen molar-refractivity contribution < 1.29 is 23.0 Å². The fourth-order valence-corrected chi connectivity index (χ4v) is 5.36. The molecule has 1 saturated carbocycles. The molecule has 0 amide bonds. The van der Waals surface area contributed by atoms with Gasteiger partial charge in [0.05, 0.1) is 17.6 Å². The van der Waals surface area contributed by atoms with Crippen LogP contribution in [-0.4, -0.2) is 21.0 Å². The SMILES string of the molecule is C[C@H]1C[C@@H](Cn2c(Nc3ccc(OC(F)(F)F)cc3)nc3cc(CO)ccc32)CC(C)(C)C1. The van der Waals surface area contributed by atoms with Gasteiger partial charge in [0.15, 0.2) is 0 Å². The van der Waals surface area contributed by atoms with Gasteiger partial charge in [0.1, 0.15) is 5.75 Å². The number of rotatable bonds is 6.